The van der Waals surface area contributed by atoms with Gasteiger partial charge < -0.3 is 9.47 Å². The summed E-state index contributed by atoms with van der Waals surface area (Å²) >= 11 is 0. The van der Waals surface area contributed by atoms with Gasteiger partial charge >= 0.3 is 0 Å². The van der Waals surface area contributed by atoms with Gasteiger partial charge in [0.2, 0.25) is 0 Å². The van der Waals surface area contributed by atoms with Gasteiger partial charge in [-0.05, 0) is 6.07 Å². The van der Waals surface area contributed by atoms with Gasteiger partial charge in [0.25, 0.3) is 0 Å². The highest BCUT2D eigenvalue weighted by Gasteiger charge is 2.06. The molecule has 0 saturated carbocycles. The first-order valence-corrected chi connectivity index (χ1v) is 4.68. The van der Waals surface area contributed by atoms with Gasteiger partial charge in [0.05, 0.1) is 6.54 Å². The Hall–Kier alpha value is -1.33. The van der Waals surface area contributed by atoms with E-state index >= 15 is 0 Å². The SMILES string of the molecule is COC(CN=Cc1cccc(F)c1F)OC. The minimum Gasteiger partial charge on any atom is -0.354 e. The van der Waals surface area contributed by atoms with E-state index in [0.717, 1.165) is 6.07 Å². The van der Waals surface area contributed by atoms with Crippen molar-refractivity contribution in [1.29, 1.82) is 0 Å². The lowest BCUT2D eigenvalue weighted by atomic mass is 10.2. The number of hydrogen-bond donors (Lipinski definition) is 0. The summed E-state index contributed by atoms with van der Waals surface area (Å²) in [6.45, 7) is 0.225. The Kier molecular flexibility index (Phi) is 5.01. The fourth-order valence-corrected chi connectivity index (χ4v) is 1.10. The van der Waals surface area contributed by atoms with Crippen molar-refractivity contribution < 1.29 is 18.3 Å². The van der Waals surface area contributed by atoms with E-state index in [0.29, 0.717) is 0 Å². The molecule has 16 heavy (non-hydrogen) atoms. The van der Waals surface area contributed by atoms with E-state index in [1.54, 1.807) is 0 Å². The normalized spacial score (nSPS) is 11.6. The third-order valence-electron chi connectivity index (χ3n) is 1.99. The second-order valence-electron chi connectivity index (χ2n) is 3.04. The van der Waals surface area contributed by atoms with E-state index < -0.39 is 17.9 Å². The van der Waals surface area contributed by atoms with Crippen LogP contribution in [0.1, 0.15) is 5.56 Å². The largest absolute Gasteiger partial charge is 0.354 e. The smallest absolute Gasteiger partial charge is 0.176 e. The highest BCUT2D eigenvalue weighted by molar-refractivity contribution is 5.79. The van der Waals surface area contributed by atoms with Gasteiger partial charge in [-0.2, -0.15) is 0 Å². The van der Waals surface area contributed by atoms with E-state index in [-0.39, 0.29) is 12.1 Å². The molecule has 0 saturated heterocycles. The molecule has 0 amide bonds. The second kappa shape index (κ2) is 6.30. The van der Waals surface area contributed by atoms with E-state index in [9.17, 15) is 8.78 Å². The number of halogens is 2. The van der Waals surface area contributed by atoms with Gasteiger partial charge in [-0.15, -0.1) is 0 Å². The average molecular weight is 229 g/mol. The lowest BCUT2D eigenvalue weighted by Crippen LogP contribution is -2.16. The molecule has 0 aliphatic carbocycles. The Bertz CT molecular complexity index is 365. The Morgan fingerprint density at radius 3 is 2.62 bits per heavy atom. The Balaban J connectivity index is 2.66. The molecule has 0 radical (unpaired) electrons. The Morgan fingerprint density at radius 2 is 2.00 bits per heavy atom. The summed E-state index contributed by atoms with van der Waals surface area (Å²) in [7, 11) is 2.96. The third kappa shape index (κ3) is 3.36. The summed E-state index contributed by atoms with van der Waals surface area (Å²) in [6.07, 6.45) is 0.775. The lowest BCUT2D eigenvalue weighted by Gasteiger charge is -2.09. The van der Waals surface area contributed by atoms with Crippen LogP contribution in [0.5, 0.6) is 0 Å². The molecule has 0 unspecified atom stereocenters. The lowest BCUT2D eigenvalue weighted by molar-refractivity contribution is -0.0936. The molecule has 0 spiro atoms. The number of nitrogens with zero attached hydrogens (tertiary/aromatic N) is 1. The topological polar surface area (TPSA) is 30.8 Å². The van der Waals surface area contributed by atoms with Crippen molar-refractivity contribution in [3.05, 3.63) is 35.4 Å². The standard InChI is InChI=1S/C11H13F2NO2/c1-15-10(16-2)7-14-6-8-4-3-5-9(12)11(8)13/h3-6,10H,7H2,1-2H3. The molecule has 0 N–H and O–H groups in total. The van der Waals surface area contributed by atoms with Crippen LogP contribution in [0.4, 0.5) is 8.78 Å². The van der Waals surface area contributed by atoms with Crippen molar-refractivity contribution in [2.45, 2.75) is 6.29 Å². The van der Waals surface area contributed by atoms with Crippen LogP contribution >= 0.6 is 0 Å². The van der Waals surface area contributed by atoms with Gasteiger partial charge in [0, 0.05) is 26.0 Å². The third-order valence-corrected chi connectivity index (χ3v) is 1.99. The van der Waals surface area contributed by atoms with Crippen LogP contribution in [-0.4, -0.2) is 33.3 Å². The first-order valence-electron chi connectivity index (χ1n) is 4.68. The van der Waals surface area contributed by atoms with Crippen LogP contribution in [0.15, 0.2) is 23.2 Å². The number of hydrogen-bond acceptors (Lipinski definition) is 3. The van der Waals surface area contributed by atoms with Gasteiger partial charge in [-0.3, -0.25) is 4.99 Å². The summed E-state index contributed by atoms with van der Waals surface area (Å²) in [5.74, 6) is -1.79. The zero-order valence-electron chi connectivity index (χ0n) is 9.11. The first-order chi connectivity index (χ1) is 7.69. The fraction of sp³-hybridized carbons (Fsp3) is 0.364. The minimum absolute atomic E-state index is 0.103. The van der Waals surface area contributed by atoms with Crippen molar-refractivity contribution in [1.82, 2.24) is 0 Å². The minimum atomic E-state index is -0.905. The van der Waals surface area contributed by atoms with Crippen molar-refractivity contribution in [2.24, 2.45) is 4.99 Å². The molecule has 5 heteroatoms. The highest BCUT2D eigenvalue weighted by atomic mass is 19.2. The predicted molar refractivity (Wildman–Crippen MR) is 56.6 cm³/mol. The zero-order chi connectivity index (χ0) is 12.0. The molecule has 0 aliphatic heterocycles. The first kappa shape index (κ1) is 12.7. The molecule has 0 heterocycles. The molecule has 0 bridgehead atoms. The second-order valence-corrected chi connectivity index (χ2v) is 3.04. The average Bonchev–Trinajstić information content (AvgIpc) is 2.30. The maximum atomic E-state index is 13.2. The quantitative estimate of drug-likeness (QED) is 0.571. The molecule has 0 aromatic heterocycles. The van der Waals surface area contributed by atoms with Crippen LogP contribution < -0.4 is 0 Å². The molecule has 0 fully saturated rings. The molecular formula is C11H13F2NO2. The molecule has 1 aromatic carbocycles. The molecular weight excluding hydrogens is 216 g/mol. The monoisotopic (exact) mass is 229 g/mol. The van der Waals surface area contributed by atoms with Gasteiger partial charge in [-0.25, -0.2) is 8.78 Å². The molecule has 0 aliphatic rings. The summed E-state index contributed by atoms with van der Waals surface area (Å²) in [5.41, 5.74) is 0.103. The predicted octanol–water partition coefficient (Wildman–Crippen LogP) is 2.00. The maximum absolute atomic E-state index is 13.2. The van der Waals surface area contributed by atoms with Gasteiger partial charge in [0.1, 0.15) is 0 Å². The number of aliphatic imine (C=N–C) groups is 1. The number of ether oxygens (including phenoxy) is 2. The summed E-state index contributed by atoms with van der Waals surface area (Å²) < 4.78 is 35.7. The molecule has 1 aromatic rings. The van der Waals surface area contributed by atoms with Crippen molar-refractivity contribution in [3.63, 3.8) is 0 Å². The van der Waals surface area contributed by atoms with E-state index in [1.807, 2.05) is 0 Å². The summed E-state index contributed by atoms with van der Waals surface area (Å²) in [6, 6.07) is 3.92. The van der Waals surface area contributed by atoms with Crippen LogP contribution in [0.2, 0.25) is 0 Å². The number of benzene rings is 1. The van der Waals surface area contributed by atoms with Crippen molar-refractivity contribution in [2.75, 3.05) is 20.8 Å². The number of methoxy groups -OCH3 is 2. The van der Waals surface area contributed by atoms with E-state index in [4.69, 9.17) is 9.47 Å². The van der Waals surface area contributed by atoms with Crippen molar-refractivity contribution >= 4 is 6.21 Å². The molecule has 3 nitrogen and oxygen atoms in total. The summed E-state index contributed by atoms with van der Waals surface area (Å²) in [5, 5.41) is 0. The van der Waals surface area contributed by atoms with Crippen LogP contribution in [-0.2, 0) is 9.47 Å². The number of rotatable bonds is 5. The van der Waals surface area contributed by atoms with Crippen LogP contribution in [0.25, 0.3) is 0 Å². The van der Waals surface area contributed by atoms with Gasteiger partial charge in [-0.1, -0.05) is 12.1 Å². The van der Waals surface area contributed by atoms with Gasteiger partial charge in [0.15, 0.2) is 17.9 Å². The van der Waals surface area contributed by atoms with Crippen molar-refractivity contribution in [3.8, 4) is 0 Å². The molecule has 88 valence electrons. The van der Waals surface area contributed by atoms with E-state index in [2.05, 4.69) is 4.99 Å². The fourth-order valence-electron chi connectivity index (χ4n) is 1.10. The van der Waals surface area contributed by atoms with Crippen LogP contribution in [0, 0.1) is 11.6 Å². The Labute approximate surface area is 92.7 Å². The maximum Gasteiger partial charge on any atom is 0.176 e. The molecule has 0 atom stereocenters. The zero-order valence-corrected chi connectivity index (χ0v) is 9.11. The highest BCUT2D eigenvalue weighted by Crippen LogP contribution is 2.09. The van der Waals surface area contributed by atoms with Crippen LogP contribution in [0.3, 0.4) is 0 Å². The Morgan fingerprint density at radius 1 is 1.31 bits per heavy atom. The molecule has 1 rings (SSSR count). The summed E-state index contributed by atoms with van der Waals surface area (Å²) in [4.78, 5) is 3.90. The van der Waals surface area contributed by atoms with E-state index in [1.165, 1.54) is 32.6 Å².